The second-order valence-corrected chi connectivity index (χ2v) is 5.61. The Bertz CT molecular complexity index is 618. The number of hydrogen-bond donors (Lipinski definition) is 1. The summed E-state index contributed by atoms with van der Waals surface area (Å²) >= 11 is 0. The smallest absolute Gasteiger partial charge is 0.258 e. The van der Waals surface area contributed by atoms with Gasteiger partial charge in [0.25, 0.3) is 5.91 Å². The van der Waals surface area contributed by atoms with Gasteiger partial charge in [-0.05, 0) is 25.1 Å². The zero-order chi connectivity index (χ0) is 15.7. The Morgan fingerprint density at radius 3 is 2.73 bits per heavy atom. The standard InChI is InChI=1S/C17H22N2O3/c1-3-4-13-14-11-12(5-6-15(14)19(2)16(13)20)17(7-8-18)21-9-10-22-17/h4-6,11H,3,7-10,18H2,1-2H3/b13-4-. The zero-order valence-corrected chi connectivity index (χ0v) is 13.1. The Hall–Kier alpha value is -1.69. The van der Waals surface area contributed by atoms with E-state index in [2.05, 4.69) is 0 Å². The lowest BCUT2D eigenvalue weighted by molar-refractivity contribution is -0.168. The summed E-state index contributed by atoms with van der Waals surface area (Å²) in [7, 11) is 1.80. The minimum absolute atomic E-state index is 0.0372. The molecular weight excluding hydrogens is 280 g/mol. The lowest BCUT2D eigenvalue weighted by Crippen LogP contribution is -2.30. The average molecular weight is 302 g/mol. The molecule has 1 aromatic carbocycles. The van der Waals surface area contributed by atoms with Gasteiger partial charge in [0.15, 0.2) is 5.79 Å². The van der Waals surface area contributed by atoms with Crippen LogP contribution in [0.1, 0.15) is 30.9 Å². The fourth-order valence-corrected chi connectivity index (χ4v) is 3.19. The van der Waals surface area contributed by atoms with Gasteiger partial charge >= 0.3 is 0 Å². The van der Waals surface area contributed by atoms with Gasteiger partial charge in [0.1, 0.15) is 0 Å². The van der Waals surface area contributed by atoms with Gasteiger partial charge in [-0.1, -0.05) is 19.1 Å². The number of carbonyl (C=O) groups is 1. The maximum atomic E-state index is 12.4. The van der Waals surface area contributed by atoms with Crippen LogP contribution in [-0.2, 0) is 20.1 Å². The Morgan fingerprint density at radius 2 is 2.09 bits per heavy atom. The average Bonchev–Trinajstić information content (AvgIpc) is 3.08. The third-order valence-electron chi connectivity index (χ3n) is 4.26. The van der Waals surface area contributed by atoms with E-state index in [0.717, 1.165) is 28.8 Å². The number of rotatable bonds is 4. The van der Waals surface area contributed by atoms with Crippen LogP contribution < -0.4 is 10.6 Å². The maximum Gasteiger partial charge on any atom is 0.258 e. The number of nitrogens with zero attached hydrogens (tertiary/aromatic N) is 1. The van der Waals surface area contributed by atoms with E-state index >= 15 is 0 Å². The Labute approximate surface area is 130 Å². The number of carbonyl (C=O) groups excluding carboxylic acids is 1. The molecule has 0 aliphatic carbocycles. The minimum atomic E-state index is -0.773. The summed E-state index contributed by atoms with van der Waals surface area (Å²) in [6, 6.07) is 5.94. The number of anilines is 1. The van der Waals surface area contributed by atoms with Gasteiger partial charge in [0.05, 0.1) is 18.9 Å². The molecule has 0 aromatic heterocycles. The van der Waals surface area contributed by atoms with Gasteiger partial charge in [0, 0.05) is 30.2 Å². The van der Waals surface area contributed by atoms with Crippen molar-refractivity contribution in [3.8, 4) is 0 Å². The second kappa shape index (κ2) is 5.83. The molecule has 2 heterocycles. The second-order valence-electron chi connectivity index (χ2n) is 5.61. The fourth-order valence-electron chi connectivity index (χ4n) is 3.19. The molecule has 1 fully saturated rings. The SMILES string of the molecule is CC/C=C1\C(=O)N(C)c2ccc(C3(CCN)OCCO3)cc21. The van der Waals surface area contributed by atoms with Crippen molar-refractivity contribution in [3.63, 3.8) is 0 Å². The maximum absolute atomic E-state index is 12.4. The summed E-state index contributed by atoms with van der Waals surface area (Å²) < 4.78 is 11.7. The van der Waals surface area contributed by atoms with E-state index in [4.69, 9.17) is 15.2 Å². The highest BCUT2D eigenvalue weighted by atomic mass is 16.7. The number of likely N-dealkylation sites (N-methyl/N-ethyl adjacent to an activating group) is 1. The molecule has 0 spiro atoms. The lowest BCUT2D eigenvalue weighted by Gasteiger charge is -2.28. The minimum Gasteiger partial charge on any atom is -0.343 e. The van der Waals surface area contributed by atoms with Crippen molar-refractivity contribution in [1.82, 2.24) is 0 Å². The first-order valence-corrected chi connectivity index (χ1v) is 7.74. The lowest BCUT2D eigenvalue weighted by atomic mass is 9.96. The monoisotopic (exact) mass is 302 g/mol. The molecule has 1 amide bonds. The predicted molar refractivity (Wildman–Crippen MR) is 85.4 cm³/mol. The van der Waals surface area contributed by atoms with Gasteiger partial charge in [0.2, 0.25) is 0 Å². The molecule has 0 atom stereocenters. The first-order chi connectivity index (χ1) is 10.6. The first kappa shape index (κ1) is 15.2. The van der Waals surface area contributed by atoms with Crippen LogP contribution in [0.4, 0.5) is 5.69 Å². The van der Waals surface area contributed by atoms with E-state index in [9.17, 15) is 4.79 Å². The number of ether oxygens (including phenoxy) is 2. The predicted octanol–water partition coefficient (Wildman–Crippen LogP) is 2.00. The molecule has 2 aliphatic rings. The molecule has 1 aromatic rings. The normalized spacial score (nSPS) is 21.7. The van der Waals surface area contributed by atoms with Gasteiger partial charge < -0.3 is 20.1 Å². The van der Waals surface area contributed by atoms with Crippen LogP contribution in [0, 0.1) is 0 Å². The summed E-state index contributed by atoms with van der Waals surface area (Å²) in [5, 5.41) is 0. The van der Waals surface area contributed by atoms with E-state index in [-0.39, 0.29) is 5.91 Å². The molecule has 3 rings (SSSR count). The van der Waals surface area contributed by atoms with Crippen LogP contribution in [0.5, 0.6) is 0 Å². The van der Waals surface area contributed by atoms with Crippen LogP contribution in [0.15, 0.2) is 24.3 Å². The molecule has 2 N–H and O–H groups in total. The van der Waals surface area contributed by atoms with Crippen LogP contribution in [0.2, 0.25) is 0 Å². The van der Waals surface area contributed by atoms with Crippen LogP contribution >= 0.6 is 0 Å². The van der Waals surface area contributed by atoms with Crippen molar-refractivity contribution in [2.24, 2.45) is 5.73 Å². The fraction of sp³-hybridized carbons (Fsp3) is 0.471. The number of nitrogens with two attached hydrogens (primary N) is 1. The molecule has 22 heavy (non-hydrogen) atoms. The highest BCUT2D eigenvalue weighted by Gasteiger charge is 2.39. The highest BCUT2D eigenvalue weighted by molar-refractivity contribution is 6.32. The highest BCUT2D eigenvalue weighted by Crippen LogP contribution is 2.41. The molecule has 118 valence electrons. The molecule has 2 aliphatic heterocycles. The summed E-state index contributed by atoms with van der Waals surface area (Å²) in [6.45, 7) is 3.63. The van der Waals surface area contributed by atoms with E-state index in [1.165, 1.54) is 0 Å². The number of hydrogen-bond acceptors (Lipinski definition) is 4. The van der Waals surface area contributed by atoms with E-state index in [1.54, 1.807) is 11.9 Å². The van der Waals surface area contributed by atoms with Gasteiger partial charge in [-0.25, -0.2) is 0 Å². The molecule has 1 saturated heterocycles. The number of benzene rings is 1. The van der Waals surface area contributed by atoms with Crippen molar-refractivity contribution in [1.29, 1.82) is 0 Å². The number of amides is 1. The molecule has 0 saturated carbocycles. The molecule has 0 bridgehead atoms. The van der Waals surface area contributed by atoms with Crippen molar-refractivity contribution in [3.05, 3.63) is 35.4 Å². The quantitative estimate of drug-likeness (QED) is 0.864. The van der Waals surface area contributed by atoms with Crippen LogP contribution in [-0.4, -0.2) is 32.7 Å². The summed E-state index contributed by atoms with van der Waals surface area (Å²) in [5.74, 6) is -0.735. The van der Waals surface area contributed by atoms with Gasteiger partial charge in [-0.15, -0.1) is 0 Å². The van der Waals surface area contributed by atoms with Crippen molar-refractivity contribution in [2.75, 3.05) is 31.7 Å². The topological polar surface area (TPSA) is 64.8 Å². The Kier molecular flexibility index (Phi) is 4.04. The molecular formula is C17H22N2O3. The van der Waals surface area contributed by atoms with Crippen molar-refractivity contribution in [2.45, 2.75) is 25.6 Å². The number of fused-ring (bicyclic) bond motifs is 1. The Morgan fingerprint density at radius 1 is 1.36 bits per heavy atom. The van der Waals surface area contributed by atoms with Crippen LogP contribution in [0.3, 0.4) is 0 Å². The van der Waals surface area contributed by atoms with E-state index in [1.807, 2.05) is 31.2 Å². The Balaban J connectivity index is 2.07. The van der Waals surface area contributed by atoms with Crippen molar-refractivity contribution >= 4 is 17.2 Å². The summed E-state index contributed by atoms with van der Waals surface area (Å²) in [4.78, 5) is 14.1. The van der Waals surface area contributed by atoms with Crippen LogP contribution in [0.25, 0.3) is 5.57 Å². The van der Waals surface area contributed by atoms with Gasteiger partial charge in [-0.2, -0.15) is 0 Å². The molecule has 5 nitrogen and oxygen atoms in total. The van der Waals surface area contributed by atoms with Gasteiger partial charge in [-0.3, -0.25) is 4.79 Å². The number of allylic oxidation sites excluding steroid dienone is 1. The molecule has 5 heteroatoms. The summed E-state index contributed by atoms with van der Waals surface area (Å²) in [6.07, 6.45) is 3.39. The molecule has 0 radical (unpaired) electrons. The first-order valence-electron chi connectivity index (χ1n) is 7.74. The van der Waals surface area contributed by atoms with E-state index < -0.39 is 5.79 Å². The largest absolute Gasteiger partial charge is 0.343 e. The zero-order valence-electron chi connectivity index (χ0n) is 13.1. The third kappa shape index (κ3) is 2.26. The molecule has 0 unspecified atom stereocenters. The third-order valence-corrected chi connectivity index (χ3v) is 4.26. The van der Waals surface area contributed by atoms with E-state index in [0.29, 0.717) is 26.2 Å². The summed E-state index contributed by atoms with van der Waals surface area (Å²) in [5.41, 5.74) is 9.28. The van der Waals surface area contributed by atoms with Crippen molar-refractivity contribution < 1.29 is 14.3 Å².